The zero-order chi connectivity index (χ0) is 15.5. The summed E-state index contributed by atoms with van der Waals surface area (Å²) in [6.07, 6.45) is 2.98. The van der Waals surface area contributed by atoms with Crippen LogP contribution in [0.5, 0.6) is 0 Å². The van der Waals surface area contributed by atoms with Gasteiger partial charge in [0.25, 0.3) is 5.69 Å². The first-order valence-electron chi connectivity index (χ1n) is 7.11. The Hall–Kier alpha value is -2.76. The van der Waals surface area contributed by atoms with E-state index in [2.05, 4.69) is 9.88 Å². The molecule has 1 aromatic heterocycles. The van der Waals surface area contributed by atoms with E-state index in [9.17, 15) is 14.9 Å². The number of carbonyl (C=O) groups is 1. The van der Waals surface area contributed by atoms with Crippen LogP contribution in [0.3, 0.4) is 0 Å². The Labute approximate surface area is 127 Å². The van der Waals surface area contributed by atoms with Crippen LogP contribution >= 0.6 is 0 Å². The van der Waals surface area contributed by atoms with E-state index < -0.39 is 4.92 Å². The lowest BCUT2D eigenvalue weighted by molar-refractivity contribution is -0.384. The standard InChI is InChI=1S/C16H15N3O3/c20-15-4-2-10-18(16-14(15)3-1-9-17-16)11-12-5-7-13(8-6-12)19(21)22/h1,3,5-9H,2,4,10-11H2. The number of ketones is 1. The molecule has 0 radical (unpaired) electrons. The SMILES string of the molecule is O=C1CCCN(Cc2ccc([N+](=O)[O-])cc2)c2ncccc21. The van der Waals surface area contributed by atoms with Crippen LogP contribution in [-0.2, 0) is 6.54 Å². The molecule has 1 aromatic carbocycles. The smallest absolute Gasteiger partial charge is 0.269 e. The molecule has 0 saturated carbocycles. The average molecular weight is 297 g/mol. The summed E-state index contributed by atoms with van der Waals surface area (Å²) in [6.45, 7) is 1.32. The number of fused-ring (bicyclic) bond motifs is 1. The van der Waals surface area contributed by atoms with E-state index in [1.807, 2.05) is 0 Å². The summed E-state index contributed by atoms with van der Waals surface area (Å²) in [5, 5.41) is 10.7. The van der Waals surface area contributed by atoms with Gasteiger partial charge < -0.3 is 4.90 Å². The second kappa shape index (κ2) is 5.93. The number of Topliss-reactive ketones (excluding diaryl/α,β-unsaturated/α-hetero) is 1. The molecule has 0 N–H and O–H groups in total. The summed E-state index contributed by atoms with van der Waals surface area (Å²) in [6, 6.07) is 10.1. The molecule has 2 aromatic rings. The zero-order valence-corrected chi connectivity index (χ0v) is 11.9. The number of anilines is 1. The van der Waals surface area contributed by atoms with Crippen LogP contribution in [0.25, 0.3) is 0 Å². The van der Waals surface area contributed by atoms with Crippen molar-refractivity contribution < 1.29 is 9.72 Å². The molecule has 1 aliphatic heterocycles. The van der Waals surface area contributed by atoms with Gasteiger partial charge in [0.05, 0.1) is 10.5 Å². The predicted molar refractivity (Wildman–Crippen MR) is 81.9 cm³/mol. The highest BCUT2D eigenvalue weighted by atomic mass is 16.6. The van der Waals surface area contributed by atoms with Crippen LogP contribution in [-0.4, -0.2) is 22.2 Å². The molecule has 22 heavy (non-hydrogen) atoms. The van der Waals surface area contributed by atoms with Gasteiger partial charge >= 0.3 is 0 Å². The van der Waals surface area contributed by atoms with Gasteiger partial charge in [-0.05, 0) is 24.1 Å². The van der Waals surface area contributed by atoms with E-state index in [1.165, 1.54) is 12.1 Å². The molecule has 6 heteroatoms. The summed E-state index contributed by atoms with van der Waals surface area (Å²) >= 11 is 0. The average Bonchev–Trinajstić information content (AvgIpc) is 2.68. The molecule has 0 saturated heterocycles. The van der Waals surface area contributed by atoms with Gasteiger partial charge in [0.1, 0.15) is 5.82 Å². The number of nitrogens with zero attached hydrogens (tertiary/aromatic N) is 3. The molecule has 0 atom stereocenters. The van der Waals surface area contributed by atoms with Crippen molar-refractivity contribution in [1.29, 1.82) is 0 Å². The Balaban J connectivity index is 1.87. The largest absolute Gasteiger partial charge is 0.352 e. The van der Waals surface area contributed by atoms with Crippen molar-refractivity contribution in [1.82, 2.24) is 4.98 Å². The van der Waals surface area contributed by atoms with Crippen LogP contribution in [0.1, 0.15) is 28.8 Å². The molecule has 0 aliphatic carbocycles. The molecule has 3 rings (SSSR count). The number of hydrogen-bond donors (Lipinski definition) is 0. The van der Waals surface area contributed by atoms with Crippen molar-refractivity contribution in [2.75, 3.05) is 11.4 Å². The minimum Gasteiger partial charge on any atom is -0.352 e. The summed E-state index contributed by atoms with van der Waals surface area (Å²) in [7, 11) is 0. The lowest BCUT2D eigenvalue weighted by Crippen LogP contribution is -2.24. The topological polar surface area (TPSA) is 76.3 Å². The van der Waals surface area contributed by atoms with E-state index in [-0.39, 0.29) is 11.5 Å². The summed E-state index contributed by atoms with van der Waals surface area (Å²) in [5.74, 6) is 0.817. The first-order valence-corrected chi connectivity index (χ1v) is 7.11. The van der Waals surface area contributed by atoms with Crippen LogP contribution < -0.4 is 4.90 Å². The monoisotopic (exact) mass is 297 g/mol. The Morgan fingerprint density at radius 3 is 2.73 bits per heavy atom. The van der Waals surface area contributed by atoms with Crippen molar-refractivity contribution in [3.8, 4) is 0 Å². The van der Waals surface area contributed by atoms with Crippen LogP contribution in [0, 0.1) is 10.1 Å². The van der Waals surface area contributed by atoms with E-state index in [4.69, 9.17) is 0 Å². The Morgan fingerprint density at radius 1 is 1.23 bits per heavy atom. The summed E-state index contributed by atoms with van der Waals surface area (Å²) in [5.41, 5.74) is 1.69. The Morgan fingerprint density at radius 2 is 2.00 bits per heavy atom. The third-order valence-corrected chi connectivity index (χ3v) is 3.74. The number of benzene rings is 1. The van der Waals surface area contributed by atoms with Gasteiger partial charge in [-0.25, -0.2) is 4.98 Å². The Bertz CT molecular complexity index is 713. The highest BCUT2D eigenvalue weighted by Crippen LogP contribution is 2.25. The molecule has 0 fully saturated rings. The van der Waals surface area contributed by atoms with Gasteiger partial charge in [-0.2, -0.15) is 0 Å². The second-order valence-corrected chi connectivity index (χ2v) is 5.25. The van der Waals surface area contributed by atoms with E-state index in [0.717, 1.165) is 18.5 Å². The first kappa shape index (κ1) is 14.2. The fourth-order valence-electron chi connectivity index (χ4n) is 2.64. The molecule has 0 unspecified atom stereocenters. The number of aromatic nitrogens is 1. The quantitative estimate of drug-likeness (QED) is 0.643. The van der Waals surface area contributed by atoms with Crippen molar-refractivity contribution in [3.63, 3.8) is 0 Å². The van der Waals surface area contributed by atoms with Gasteiger partial charge in [0.15, 0.2) is 5.78 Å². The molecule has 6 nitrogen and oxygen atoms in total. The minimum absolute atomic E-state index is 0.0771. The van der Waals surface area contributed by atoms with Crippen molar-refractivity contribution in [2.24, 2.45) is 0 Å². The van der Waals surface area contributed by atoms with Gasteiger partial charge in [-0.3, -0.25) is 14.9 Å². The normalized spacial score (nSPS) is 14.4. The number of nitro groups is 1. The molecular weight excluding hydrogens is 282 g/mol. The highest BCUT2D eigenvalue weighted by Gasteiger charge is 2.21. The molecule has 2 heterocycles. The fraction of sp³-hybridized carbons (Fsp3) is 0.250. The lowest BCUT2D eigenvalue weighted by atomic mass is 10.1. The van der Waals surface area contributed by atoms with Gasteiger partial charge in [-0.1, -0.05) is 12.1 Å². The third kappa shape index (κ3) is 2.81. The van der Waals surface area contributed by atoms with Crippen molar-refractivity contribution in [3.05, 3.63) is 63.8 Å². The van der Waals surface area contributed by atoms with Crippen LogP contribution in [0.2, 0.25) is 0 Å². The number of carbonyl (C=O) groups excluding carboxylic acids is 1. The molecule has 0 amide bonds. The van der Waals surface area contributed by atoms with Crippen LogP contribution in [0.15, 0.2) is 42.6 Å². The number of hydrogen-bond acceptors (Lipinski definition) is 5. The maximum atomic E-state index is 12.1. The third-order valence-electron chi connectivity index (χ3n) is 3.74. The molecule has 1 aliphatic rings. The zero-order valence-electron chi connectivity index (χ0n) is 11.9. The number of rotatable bonds is 3. The maximum Gasteiger partial charge on any atom is 0.269 e. The highest BCUT2D eigenvalue weighted by molar-refractivity contribution is 6.01. The predicted octanol–water partition coefficient (Wildman–Crippen LogP) is 2.97. The van der Waals surface area contributed by atoms with E-state index in [1.54, 1.807) is 30.5 Å². The first-order chi connectivity index (χ1) is 10.6. The van der Waals surface area contributed by atoms with Gasteiger partial charge in [0, 0.05) is 37.8 Å². The van der Waals surface area contributed by atoms with Crippen LogP contribution in [0.4, 0.5) is 11.5 Å². The van der Waals surface area contributed by atoms with E-state index >= 15 is 0 Å². The minimum atomic E-state index is -0.411. The molecule has 0 spiro atoms. The number of pyridine rings is 1. The number of nitro benzene ring substituents is 1. The molecule has 112 valence electrons. The van der Waals surface area contributed by atoms with Gasteiger partial charge in [-0.15, -0.1) is 0 Å². The Kier molecular flexibility index (Phi) is 3.82. The number of non-ortho nitro benzene ring substituents is 1. The second-order valence-electron chi connectivity index (χ2n) is 5.25. The summed E-state index contributed by atoms with van der Waals surface area (Å²) in [4.78, 5) is 28.8. The summed E-state index contributed by atoms with van der Waals surface area (Å²) < 4.78 is 0. The molecule has 0 bridgehead atoms. The van der Waals surface area contributed by atoms with Crippen molar-refractivity contribution in [2.45, 2.75) is 19.4 Å². The maximum absolute atomic E-state index is 12.1. The fourth-order valence-corrected chi connectivity index (χ4v) is 2.64. The van der Waals surface area contributed by atoms with Gasteiger partial charge in [0.2, 0.25) is 0 Å². The van der Waals surface area contributed by atoms with E-state index in [0.29, 0.717) is 24.3 Å². The van der Waals surface area contributed by atoms with Crippen molar-refractivity contribution >= 4 is 17.3 Å². The lowest BCUT2D eigenvalue weighted by Gasteiger charge is -2.23. The molecular formula is C16H15N3O3.